The molecular formula is C15H18O3. The van der Waals surface area contributed by atoms with Crippen molar-refractivity contribution in [3.63, 3.8) is 0 Å². The molecule has 1 aromatic rings. The summed E-state index contributed by atoms with van der Waals surface area (Å²) in [6, 6.07) is 4.17. The average molecular weight is 246 g/mol. The highest BCUT2D eigenvalue weighted by Gasteiger charge is 2.21. The van der Waals surface area contributed by atoms with E-state index in [0.717, 1.165) is 43.6 Å². The first-order valence-electron chi connectivity index (χ1n) is 6.63. The lowest BCUT2D eigenvalue weighted by atomic mass is 9.83. The summed E-state index contributed by atoms with van der Waals surface area (Å²) in [6.07, 6.45) is 4.64. The van der Waals surface area contributed by atoms with Gasteiger partial charge in [-0.1, -0.05) is 0 Å². The van der Waals surface area contributed by atoms with E-state index < -0.39 is 0 Å². The van der Waals surface area contributed by atoms with Crippen LogP contribution in [0.3, 0.4) is 0 Å². The molecule has 0 spiro atoms. The van der Waals surface area contributed by atoms with Gasteiger partial charge in [0.15, 0.2) is 11.5 Å². The number of ether oxygens (including phenoxy) is 2. The van der Waals surface area contributed by atoms with Gasteiger partial charge in [-0.3, -0.25) is 4.79 Å². The summed E-state index contributed by atoms with van der Waals surface area (Å²) < 4.78 is 10.8. The number of benzene rings is 1. The maximum absolute atomic E-state index is 11.2. The Kier molecular flexibility index (Phi) is 2.98. The van der Waals surface area contributed by atoms with Gasteiger partial charge in [-0.2, -0.15) is 0 Å². The molecule has 0 N–H and O–H groups in total. The van der Waals surface area contributed by atoms with Crippen LogP contribution in [0, 0.1) is 12.8 Å². The lowest BCUT2D eigenvalue weighted by Gasteiger charge is -2.21. The SMILES string of the molecule is Cc1cc2c(cc1CC1CCC(=O)CC1)OCO2. The number of rotatable bonds is 2. The minimum atomic E-state index is 0.330. The van der Waals surface area contributed by atoms with Crippen molar-refractivity contribution in [2.75, 3.05) is 6.79 Å². The van der Waals surface area contributed by atoms with E-state index in [4.69, 9.17) is 9.47 Å². The zero-order valence-corrected chi connectivity index (χ0v) is 10.7. The smallest absolute Gasteiger partial charge is 0.231 e. The first-order chi connectivity index (χ1) is 8.72. The van der Waals surface area contributed by atoms with Crippen LogP contribution in [0.15, 0.2) is 12.1 Å². The second kappa shape index (κ2) is 4.63. The van der Waals surface area contributed by atoms with Gasteiger partial charge in [-0.05, 0) is 55.4 Å². The summed E-state index contributed by atoms with van der Waals surface area (Å²) in [6.45, 7) is 2.45. The Morgan fingerprint density at radius 1 is 1.17 bits per heavy atom. The normalized spacial score (nSPS) is 19.3. The summed E-state index contributed by atoms with van der Waals surface area (Å²) >= 11 is 0. The molecule has 0 amide bonds. The number of carbonyl (C=O) groups excluding carboxylic acids is 1. The maximum atomic E-state index is 11.2. The Hall–Kier alpha value is -1.51. The van der Waals surface area contributed by atoms with Gasteiger partial charge in [0.05, 0.1) is 0 Å². The highest BCUT2D eigenvalue weighted by atomic mass is 16.7. The number of hydrogen-bond donors (Lipinski definition) is 0. The Bertz CT molecular complexity index is 469. The van der Waals surface area contributed by atoms with Gasteiger partial charge in [-0.15, -0.1) is 0 Å². The predicted octanol–water partition coefficient (Wildman–Crippen LogP) is 3.03. The van der Waals surface area contributed by atoms with Crippen molar-refractivity contribution in [1.82, 2.24) is 0 Å². The molecule has 0 saturated heterocycles. The molecule has 1 saturated carbocycles. The highest BCUT2D eigenvalue weighted by molar-refractivity contribution is 5.79. The molecule has 0 bridgehead atoms. The maximum Gasteiger partial charge on any atom is 0.231 e. The van der Waals surface area contributed by atoms with Crippen LogP contribution in [-0.2, 0) is 11.2 Å². The molecule has 1 aliphatic heterocycles. The van der Waals surface area contributed by atoms with Gasteiger partial charge in [0.1, 0.15) is 5.78 Å². The van der Waals surface area contributed by atoms with Crippen molar-refractivity contribution in [1.29, 1.82) is 0 Å². The van der Waals surface area contributed by atoms with Gasteiger partial charge in [0.25, 0.3) is 0 Å². The molecule has 0 unspecified atom stereocenters. The molecule has 2 aliphatic rings. The van der Waals surface area contributed by atoms with Crippen molar-refractivity contribution >= 4 is 5.78 Å². The quantitative estimate of drug-likeness (QED) is 0.804. The second-order valence-electron chi connectivity index (χ2n) is 5.32. The molecule has 0 aromatic heterocycles. The molecule has 1 fully saturated rings. The Labute approximate surface area is 107 Å². The van der Waals surface area contributed by atoms with E-state index >= 15 is 0 Å². The molecule has 1 heterocycles. The molecule has 3 nitrogen and oxygen atoms in total. The molecule has 0 atom stereocenters. The lowest BCUT2D eigenvalue weighted by molar-refractivity contribution is -0.121. The second-order valence-corrected chi connectivity index (χ2v) is 5.32. The summed E-state index contributed by atoms with van der Waals surface area (Å²) in [5, 5.41) is 0. The average Bonchev–Trinajstić information content (AvgIpc) is 2.79. The molecule has 0 radical (unpaired) electrons. The fraction of sp³-hybridized carbons (Fsp3) is 0.533. The number of fused-ring (bicyclic) bond motifs is 1. The van der Waals surface area contributed by atoms with Crippen molar-refractivity contribution in [3.05, 3.63) is 23.3 Å². The van der Waals surface area contributed by atoms with Crippen LogP contribution in [0.2, 0.25) is 0 Å². The van der Waals surface area contributed by atoms with Crippen molar-refractivity contribution in [3.8, 4) is 11.5 Å². The van der Waals surface area contributed by atoms with Crippen molar-refractivity contribution < 1.29 is 14.3 Å². The van der Waals surface area contributed by atoms with E-state index in [2.05, 4.69) is 19.1 Å². The number of Topliss-reactive ketones (excluding diaryl/α,β-unsaturated/α-hetero) is 1. The lowest BCUT2D eigenvalue weighted by Crippen LogP contribution is -2.16. The van der Waals surface area contributed by atoms with Crippen LogP contribution < -0.4 is 9.47 Å². The zero-order chi connectivity index (χ0) is 12.5. The predicted molar refractivity (Wildman–Crippen MR) is 68.0 cm³/mol. The van der Waals surface area contributed by atoms with Crippen LogP contribution in [0.1, 0.15) is 36.8 Å². The fourth-order valence-corrected chi connectivity index (χ4v) is 2.82. The van der Waals surface area contributed by atoms with Crippen LogP contribution >= 0.6 is 0 Å². The van der Waals surface area contributed by atoms with E-state index in [1.165, 1.54) is 11.1 Å². The van der Waals surface area contributed by atoms with Crippen LogP contribution in [-0.4, -0.2) is 12.6 Å². The molecule has 3 heteroatoms. The molecule has 3 rings (SSSR count). The fourth-order valence-electron chi connectivity index (χ4n) is 2.82. The number of carbonyl (C=O) groups is 1. The third-order valence-electron chi connectivity index (χ3n) is 4.00. The van der Waals surface area contributed by atoms with Gasteiger partial charge in [-0.25, -0.2) is 0 Å². The molecular weight excluding hydrogens is 228 g/mol. The number of aryl methyl sites for hydroxylation is 1. The summed E-state index contributed by atoms with van der Waals surface area (Å²) in [5.41, 5.74) is 2.59. The topological polar surface area (TPSA) is 35.5 Å². The van der Waals surface area contributed by atoms with E-state index in [1.807, 2.05) is 0 Å². The van der Waals surface area contributed by atoms with Gasteiger partial charge in [0.2, 0.25) is 6.79 Å². The number of ketones is 1. The Balaban J connectivity index is 1.74. The molecule has 1 aliphatic carbocycles. The molecule has 18 heavy (non-hydrogen) atoms. The van der Waals surface area contributed by atoms with E-state index in [1.54, 1.807) is 0 Å². The summed E-state index contributed by atoms with van der Waals surface area (Å²) in [7, 11) is 0. The minimum absolute atomic E-state index is 0.330. The standard InChI is InChI=1S/C15H18O3/c1-10-6-14-15(18-9-17-14)8-12(10)7-11-2-4-13(16)5-3-11/h6,8,11H,2-5,7,9H2,1H3. The van der Waals surface area contributed by atoms with E-state index in [0.29, 0.717) is 18.5 Å². The van der Waals surface area contributed by atoms with Crippen LogP contribution in [0.5, 0.6) is 11.5 Å². The highest BCUT2D eigenvalue weighted by Crippen LogP contribution is 2.36. The molecule has 96 valence electrons. The van der Waals surface area contributed by atoms with Crippen molar-refractivity contribution in [2.24, 2.45) is 5.92 Å². The number of hydrogen-bond acceptors (Lipinski definition) is 3. The van der Waals surface area contributed by atoms with Crippen molar-refractivity contribution in [2.45, 2.75) is 39.0 Å². The Morgan fingerprint density at radius 2 is 1.83 bits per heavy atom. The summed E-state index contributed by atoms with van der Waals surface area (Å²) in [5.74, 6) is 2.79. The first-order valence-corrected chi connectivity index (χ1v) is 6.63. The van der Waals surface area contributed by atoms with E-state index in [-0.39, 0.29) is 0 Å². The zero-order valence-electron chi connectivity index (χ0n) is 10.7. The van der Waals surface area contributed by atoms with Gasteiger partial charge in [0, 0.05) is 12.8 Å². The largest absolute Gasteiger partial charge is 0.454 e. The Morgan fingerprint density at radius 3 is 2.56 bits per heavy atom. The van der Waals surface area contributed by atoms with Gasteiger partial charge >= 0.3 is 0 Å². The third kappa shape index (κ3) is 2.22. The van der Waals surface area contributed by atoms with Crippen LogP contribution in [0.25, 0.3) is 0 Å². The van der Waals surface area contributed by atoms with Crippen LogP contribution in [0.4, 0.5) is 0 Å². The molecule has 1 aromatic carbocycles. The van der Waals surface area contributed by atoms with E-state index in [9.17, 15) is 4.79 Å². The first kappa shape index (κ1) is 11.6. The summed E-state index contributed by atoms with van der Waals surface area (Å²) in [4.78, 5) is 11.2. The minimum Gasteiger partial charge on any atom is -0.454 e. The van der Waals surface area contributed by atoms with Gasteiger partial charge < -0.3 is 9.47 Å². The monoisotopic (exact) mass is 246 g/mol. The third-order valence-corrected chi connectivity index (χ3v) is 4.00.